The average molecular weight is 174 g/mol. The van der Waals surface area contributed by atoms with Gasteiger partial charge in [0.1, 0.15) is 0 Å². The summed E-state index contributed by atoms with van der Waals surface area (Å²) in [6, 6.07) is 0.0307. The van der Waals surface area contributed by atoms with Crippen LogP contribution in [0.25, 0.3) is 0 Å². The Hall–Kier alpha value is -0.160. The van der Waals surface area contributed by atoms with Gasteiger partial charge in [0.2, 0.25) is 0 Å². The van der Waals surface area contributed by atoms with Crippen molar-refractivity contribution in [2.45, 2.75) is 31.3 Å². The second kappa shape index (κ2) is 4.77. The van der Waals surface area contributed by atoms with Crippen LogP contribution in [0.3, 0.4) is 0 Å². The Balaban J connectivity index is 2.33. The van der Waals surface area contributed by atoms with Gasteiger partial charge < -0.3 is 20.5 Å². The molecule has 0 aliphatic carbocycles. The van der Waals surface area contributed by atoms with Gasteiger partial charge >= 0.3 is 0 Å². The second-order valence-electron chi connectivity index (χ2n) is 3.16. The predicted molar refractivity (Wildman–Crippen MR) is 46.8 cm³/mol. The monoisotopic (exact) mass is 174 g/mol. The fourth-order valence-electron chi connectivity index (χ4n) is 1.48. The van der Waals surface area contributed by atoms with Crippen LogP contribution in [0.4, 0.5) is 0 Å². The largest absolute Gasteiger partial charge is 0.354 e. The summed E-state index contributed by atoms with van der Waals surface area (Å²) in [5.74, 6) is 0. The minimum absolute atomic E-state index is 0.0307. The van der Waals surface area contributed by atoms with Crippen LogP contribution in [-0.2, 0) is 9.47 Å². The van der Waals surface area contributed by atoms with E-state index in [0.29, 0.717) is 0 Å². The molecule has 0 unspecified atom stereocenters. The van der Waals surface area contributed by atoms with E-state index in [9.17, 15) is 0 Å². The first-order valence-electron chi connectivity index (χ1n) is 4.36. The van der Waals surface area contributed by atoms with Crippen molar-refractivity contribution >= 4 is 0 Å². The SMILES string of the molecule is CNC[C@H]1CC[C@H](N)[C@H](OC)O1. The van der Waals surface area contributed by atoms with E-state index in [-0.39, 0.29) is 18.4 Å². The molecule has 1 heterocycles. The molecular weight excluding hydrogens is 156 g/mol. The summed E-state index contributed by atoms with van der Waals surface area (Å²) in [6.07, 6.45) is 2.02. The number of hydrogen-bond donors (Lipinski definition) is 2. The molecule has 3 N–H and O–H groups in total. The molecule has 72 valence electrons. The van der Waals surface area contributed by atoms with Gasteiger partial charge in [0.15, 0.2) is 6.29 Å². The van der Waals surface area contributed by atoms with Crippen molar-refractivity contribution in [3.8, 4) is 0 Å². The highest BCUT2D eigenvalue weighted by Gasteiger charge is 2.27. The highest BCUT2D eigenvalue weighted by molar-refractivity contribution is 4.76. The summed E-state index contributed by atoms with van der Waals surface area (Å²) in [5.41, 5.74) is 5.78. The molecule has 0 saturated carbocycles. The normalized spacial score (nSPS) is 36.8. The van der Waals surface area contributed by atoms with Crippen molar-refractivity contribution in [3.63, 3.8) is 0 Å². The fourth-order valence-corrected chi connectivity index (χ4v) is 1.48. The summed E-state index contributed by atoms with van der Waals surface area (Å²) in [6.45, 7) is 0.868. The lowest BCUT2D eigenvalue weighted by Crippen LogP contribution is -2.47. The van der Waals surface area contributed by atoms with Crippen LogP contribution in [0.2, 0.25) is 0 Å². The highest BCUT2D eigenvalue weighted by Crippen LogP contribution is 2.17. The van der Waals surface area contributed by atoms with E-state index in [4.69, 9.17) is 15.2 Å². The first kappa shape index (κ1) is 9.92. The molecule has 3 atom stereocenters. The van der Waals surface area contributed by atoms with Gasteiger partial charge in [-0.2, -0.15) is 0 Å². The van der Waals surface area contributed by atoms with Gasteiger partial charge in [-0.15, -0.1) is 0 Å². The Kier molecular flexibility index (Phi) is 3.94. The van der Waals surface area contributed by atoms with E-state index in [1.54, 1.807) is 7.11 Å². The Morgan fingerprint density at radius 3 is 2.92 bits per heavy atom. The predicted octanol–water partition coefficient (Wildman–Crippen LogP) is -0.315. The van der Waals surface area contributed by atoms with Gasteiger partial charge in [0, 0.05) is 13.7 Å². The molecule has 1 fully saturated rings. The molecular formula is C8H18N2O2. The van der Waals surface area contributed by atoms with Crippen LogP contribution >= 0.6 is 0 Å². The Bertz CT molecular complexity index is 132. The quantitative estimate of drug-likeness (QED) is 0.616. The van der Waals surface area contributed by atoms with Crippen LogP contribution in [0.1, 0.15) is 12.8 Å². The topological polar surface area (TPSA) is 56.5 Å². The van der Waals surface area contributed by atoms with Crippen LogP contribution in [-0.4, -0.2) is 39.1 Å². The maximum absolute atomic E-state index is 5.78. The zero-order valence-corrected chi connectivity index (χ0v) is 7.75. The maximum atomic E-state index is 5.78. The number of likely N-dealkylation sites (N-methyl/N-ethyl adjacent to an activating group) is 1. The molecule has 0 aromatic carbocycles. The van der Waals surface area contributed by atoms with Gasteiger partial charge in [0.05, 0.1) is 12.1 Å². The molecule has 12 heavy (non-hydrogen) atoms. The van der Waals surface area contributed by atoms with Crippen molar-refractivity contribution in [2.75, 3.05) is 20.7 Å². The molecule has 0 aromatic heterocycles. The number of nitrogens with one attached hydrogen (secondary N) is 1. The lowest BCUT2D eigenvalue weighted by atomic mass is 10.0. The lowest BCUT2D eigenvalue weighted by molar-refractivity contribution is -0.187. The smallest absolute Gasteiger partial charge is 0.172 e. The van der Waals surface area contributed by atoms with Crippen LogP contribution in [0.15, 0.2) is 0 Å². The summed E-state index contributed by atoms with van der Waals surface area (Å²) in [7, 11) is 3.55. The molecule has 0 amide bonds. The summed E-state index contributed by atoms with van der Waals surface area (Å²) < 4.78 is 10.7. The first-order chi connectivity index (χ1) is 5.77. The zero-order valence-electron chi connectivity index (χ0n) is 7.75. The van der Waals surface area contributed by atoms with Crippen molar-refractivity contribution in [1.29, 1.82) is 0 Å². The highest BCUT2D eigenvalue weighted by atomic mass is 16.7. The van der Waals surface area contributed by atoms with Crippen molar-refractivity contribution < 1.29 is 9.47 Å². The third-order valence-corrected chi connectivity index (χ3v) is 2.16. The van der Waals surface area contributed by atoms with Gasteiger partial charge in [-0.3, -0.25) is 0 Å². The molecule has 1 aliphatic heterocycles. The van der Waals surface area contributed by atoms with Crippen LogP contribution < -0.4 is 11.1 Å². The Morgan fingerprint density at radius 1 is 1.58 bits per heavy atom. The van der Waals surface area contributed by atoms with E-state index in [1.165, 1.54) is 0 Å². The van der Waals surface area contributed by atoms with E-state index in [1.807, 2.05) is 7.05 Å². The van der Waals surface area contributed by atoms with Crippen molar-refractivity contribution in [3.05, 3.63) is 0 Å². The van der Waals surface area contributed by atoms with Gasteiger partial charge in [-0.25, -0.2) is 0 Å². The van der Waals surface area contributed by atoms with E-state index in [0.717, 1.165) is 19.4 Å². The first-order valence-corrected chi connectivity index (χ1v) is 4.36. The third kappa shape index (κ3) is 2.42. The molecule has 1 rings (SSSR count). The average Bonchev–Trinajstić information content (AvgIpc) is 2.09. The summed E-state index contributed by atoms with van der Waals surface area (Å²) in [4.78, 5) is 0. The van der Waals surface area contributed by atoms with Crippen LogP contribution in [0, 0.1) is 0 Å². The van der Waals surface area contributed by atoms with Gasteiger partial charge in [0.25, 0.3) is 0 Å². The molecule has 1 saturated heterocycles. The number of ether oxygens (including phenoxy) is 2. The maximum Gasteiger partial charge on any atom is 0.172 e. The lowest BCUT2D eigenvalue weighted by Gasteiger charge is -2.33. The molecule has 0 spiro atoms. The number of nitrogens with two attached hydrogens (primary N) is 1. The Morgan fingerprint density at radius 2 is 2.33 bits per heavy atom. The zero-order chi connectivity index (χ0) is 8.97. The summed E-state index contributed by atoms with van der Waals surface area (Å²) >= 11 is 0. The van der Waals surface area contributed by atoms with Crippen LogP contribution in [0.5, 0.6) is 0 Å². The summed E-state index contributed by atoms with van der Waals surface area (Å²) in [5, 5.41) is 3.08. The molecule has 0 aromatic rings. The molecule has 0 bridgehead atoms. The standard InChI is InChI=1S/C8H18N2O2/c1-10-5-6-3-4-7(9)8(11-2)12-6/h6-8,10H,3-5,9H2,1-2H3/t6-,7+,8-/m1/s1. The van der Waals surface area contributed by atoms with E-state index in [2.05, 4.69) is 5.32 Å². The van der Waals surface area contributed by atoms with Crippen molar-refractivity contribution in [2.24, 2.45) is 5.73 Å². The molecule has 0 radical (unpaired) electrons. The molecule has 4 nitrogen and oxygen atoms in total. The number of hydrogen-bond acceptors (Lipinski definition) is 4. The van der Waals surface area contributed by atoms with E-state index >= 15 is 0 Å². The third-order valence-electron chi connectivity index (χ3n) is 2.16. The Labute approximate surface area is 73.4 Å². The minimum atomic E-state index is -0.225. The van der Waals surface area contributed by atoms with Gasteiger partial charge in [-0.05, 0) is 19.9 Å². The van der Waals surface area contributed by atoms with Crippen molar-refractivity contribution in [1.82, 2.24) is 5.32 Å². The fraction of sp³-hybridized carbons (Fsp3) is 1.00. The number of rotatable bonds is 3. The van der Waals surface area contributed by atoms with Gasteiger partial charge in [-0.1, -0.05) is 0 Å². The minimum Gasteiger partial charge on any atom is -0.354 e. The van der Waals surface area contributed by atoms with E-state index < -0.39 is 0 Å². The molecule has 4 heteroatoms. The molecule has 1 aliphatic rings. The number of methoxy groups -OCH3 is 1. The second-order valence-corrected chi connectivity index (χ2v) is 3.16.